The molecular formula is C15H27Cl2N3OS. The summed E-state index contributed by atoms with van der Waals surface area (Å²) in [6.07, 6.45) is 4.06. The number of nitrogens with one attached hydrogen (secondary N) is 2. The molecule has 7 heteroatoms. The maximum Gasteiger partial charge on any atom is 0.220 e. The zero-order valence-corrected chi connectivity index (χ0v) is 15.7. The van der Waals surface area contributed by atoms with Gasteiger partial charge in [0, 0.05) is 11.8 Å². The Balaban J connectivity index is 0.00000220. The highest BCUT2D eigenvalue weighted by Gasteiger charge is 2.21. The predicted molar refractivity (Wildman–Crippen MR) is 97.2 cm³/mol. The van der Waals surface area contributed by atoms with Crippen LogP contribution >= 0.6 is 36.2 Å². The van der Waals surface area contributed by atoms with E-state index < -0.39 is 0 Å². The molecule has 2 N–H and O–H groups in total. The van der Waals surface area contributed by atoms with Gasteiger partial charge in [0.25, 0.3) is 0 Å². The van der Waals surface area contributed by atoms with Crippen molar-refractivity contribution in [3.8, 4) is 0 Å². The van der Waals surface area contributed by atoms with Crippen molar-refractivity contribution in [2.45, 2.75) is 46.1 Å². The highest BCUT2D eigenvalue weighted by Crippen LogP contribution is 2.22. The van der Waals surface area contributed by atoms with Crippen molar-refractivity contribution in [1.29, 1.82) is 0 Å². The minimum atomic E-state index is 0. The summed E-state index contributed by atoms with van der Waals surface area (Å²) in [7, 11) is 0. The number of aryl methyl sites for hydroxylation is 1. The summed E-state index contributed by atoms with van der Waals surface area (Å²) < 4.78 is 0. The molecule has 0 bridgehead atoms. The van der Waals surface area contributed by atoms with Gasteiger partial charge in [0.1, 0.15) is 0 Å². The van der Waals surface area contributed by atoms with Gasteiger partial charge in [-0.15, -0.1) is 36.2 Å². The number of carbonyl (C=O) groups excluding carboxylic acids is 1. The molecule has 128 valence electrons. The molecule has 0 spiro atoms. The average molecular weight is 368 g/mol. The van der Waals surface area contributed by atoms with Crippen LogP contribution in [-0.4, -0.2) is 24.0 Å². The monoisotopic (exact) mass is 367 g/mol. The second-order valence-corrected chi connectivity index (χ2v) is 6.59. The van der Waals surface area contributed by atoms with Gasteiger partial charge in [0.05, 0.1) is 17.2 Å². The van der Waals surface area contributed by atoms with E-state index in [1.165, 1.54) is 12.8 Å². The zero-order valence-electron chi connectivity index (χ0n) is 13.3. The van der Waals surface area contributed by atoms with E-state index >= 15 is 0 Å². The summed E-state index contributed by atoms with van der Waals surface area (Å²) in [5.41, 5.74) is 0.979. The highest BCUT2D eigenvalue weighted by molar-refractivity contribution is 7.09. The molecule has 2 rings (SSSR count). The molecule has 0 aliphatic carbocycles. The summed E-state index contributed by atoms with van der Waals surface area (Å²) in [6.45, 7) is 7.03. The number of hydrogen-bond acceptors (Lipinski definition) is 4. The van der Waals surface area contributed by atoms with Gasteiger partial charge in [0.15, 0.2) is 0 Å². The van der Waals surface area contributed by atoms with Crippen molar-refractivity contribution < 1.29 is 4.79 Å². The molecule has 1 aromatic heterocycles. The lowest BCUT2D eigenvalue weighted by Gasteiger charge is -2.27. The lowest BCUT2D eigenvalue weighted by Crippen LogP contribution is -2.35. The van der Waals surface area contributed by atoms with Gasteiger partial charge < -0.3 is 10.6 Å². The molecule has 0 radical (unpaired) electrons. The Morgan fingerprint density at radius 2 is 2.32 bits per heavy atom. The van der Waals surface area contributed by atoms with E-state index in [0.717, 1.165) is 30.2 Å². The molecule has 2 heterocycles. The third kappa shape index (κ3) is 6.82. The van der Waals surface area contributed by atoms with Crippen LogP contribution in [0.15, 0.2) is 5.38 Å². The summed E-state index contributed by atoms with van der Waals surface area (Å²) in [5, 5.41) is 9.58. The standard InChI is InChI=1S/C15H25N3OS.2ClH/c1-3-15-18-13(10-20-15)9-17-14(19)7-11(2)12-5-4-6-16-8-12;;/h10-12,16H,3-9H2,1-2H3,(H,17,19);2*1H. The number of nitrogens with zero attached hydrogens (tertiary/aromatic N) is 1. The van der Waals surface area contributed by atoms with E-state index in [0.29, 0.717) is 24.8 Å². The van der Waals surface area contributed by atoms with Crippen LogP contribution in [0.5, 0.6) is 0 Å². The topological polar surface area (TPSA) is 54.0 Å². The first-order valence-corrected chi connectivity index (χ1v) is 8.47. The Hall–Kier alpha value is -0.360. The van der Waals surface area contributed by atoms with Gasteiger partial charge in [-0.3, -0.25) is 4.79 Å². The number of rotatable bonds is 6. The molecule has 1 fully saturated rings. The molecule has 1 amide bonds. The Bertz CT molecular complexity index is 436. The first-order valence-electron chi connectivity index (χ1n) is 7.59. The van der Waals surface area contributed by atoms with Gasteiger partial charge in [-0.05, 0) is 44.2 Å². The molecule has 2 atom stereocenters. The predicted octanol–water partition coefficient (Wildman–Crippen LogP) is 3.19. The molecule has 22 heavy (non-hydrogen) atoms. The van der Waals surface area contributed by atoms with E-state index in [4.69, 9.17) is 0 Å². The summed E-state index contributed by atoms with van der Waals surface area (Å²) in [5.74, 6) is 1.24. The number of piperidine rings is 1. The third-order valence-electron chi connectivity index (χ3n) is 4.02. The van der Waals surface area contributed by atoms with E-state index in [1.54, 1.807) is 11.3 Å². The molecule has 0 saturated carbocycles. The van der Waals surface area contributed by atoms with Crippen LogP contribution in [0.2, 0.25) is 0 Å². The number of halogens is 2. The van der Waals surface area contributed by atoms with E-state index in [2.05, 4.69) is 29.5 Å². The fourth-order valence-corrected chi connectivity index (χ4v) is 3.42. The number of hydrogen-bond donors (Lipinski definition) is 2. The van der Waals surface area contributed by atoms with Gasteiger partial charge in [-0.2, -0.15) is 0 Å². The van der Waals surface area contributed by atoms with Crippen molar-refractivity contribution in [3.05, 3.63) is 16.1 Å². The summed E-state index contributed by atoms with van der Waals surface area (Å²) >= 11 is 1.67. The number of thiazole rings is 1. The van der Waals surface area contributed by atoms with Gasteiger partial charge in [-0.1, -0.05) is 13.8 Å². The van der Waals surface area contributed by atoms with Crippen LogP contribution in [0.25, 0.3) is 0 Å². The van der Waals surface area contributed by atoms with Crippen molar-refractivity contribution in [2.24, 2.45) is 11.8 Å². The molecule has 1 aliphatic rings. The second-order valence-electron chi connectivity index (χ2n) is 5.65. The van der Waals surface area contributed by atoms with Gasteiger partial charge in [-0.25, -0.2) is 4.98 Å². The zero-order chi connectivity index (χ0) is 14.4. The maximum absolute atomic E-state index is 12.0. The summed E-state index contributed by atoms with van der Waals surface area (Å²) in [4.78, 5) is 16.5. The van der Waals surface area contributed by atoms with Crippen LogP contribution in [0.4, 0.5) is 0 Å². The van der Waals surface area contributed by atoms with Crippen molar-refractivity contribution in [1.82, 2.24) is 15.6 Å². The maximum atomic E-state index is 12.0. The molecular weight excluding hydrogens is 341 g/mol. The summed E-state index contributed by atoms with van der Waals surface area (Å²) in [6, 6.07) is 0. The number of aromatic nitrogens is 1. The van der Waals surface area contributed by atoms with Crippen LogP contribution in [0.1, 0.15) is 43.8 Å². The molecule has 2 unspecified atom stereocenters. The largest absolute Gasteiger partial charge is 0.350 e. The molecule has 1 saturated heterocycles. The smallest absolute Gasteiger partial charge is 0.220 e. The fraction of sp³-hybridized carbons (Fsp3) is 0.733. The van der Waals surface area contributed by atoms with Crippen molar-refractivity contribution >= 4 is 42.1 Å². The van der Waals surface area contributed by atoms with Crippen LogP contribution in [0.3, 0.4) is 0 Å². The minimum Gasteiger partial charge on any atom is -0.350 e. The lowest BCUT2D eigenvalue weighted by atomic mass is 9.85. The third-order valence-corrected chi connectivity index (χ3v) is 5.06. The van der Waals surface area contributed by atoms with Gasteiger partial charge >= 0.3 is 0 Å². The Kier molecular flexibility index (Phi) is 11.0. The minimum absolute atomic E-state index is 0. The molecule has 1 aromatic rings. The SMILES string of the molecule is CCc1nc(CNC(=O)CC(C)C2CCCNC2)cs1.Cl.Cl. The fourth-order valence-electron chi connectivity index (χ4n) is 2.68. The van der Waals surface area contributed by atoms with Crippen LogP contribution < -0.4 is 10.6 Å². The van der Waals surface area contributed by atoms with E-state index in [1.807, 2.05) is 5.38 Å². The molecule has 4 nitrogen and oxygen atoms in total. The van der Waals surface area contributed by atoms with Crippen molar-refractivity contribution in [3.63, 3.8) is 0 Å². The number of carbonyl (C=O) groups is 1. The first-order chi connectivity index (χ1) is 9.69. The Morgan fingerprint density at radius 3 is 2.91 bits per heavy atom. The van der Waals surface area contributed by atoms with E-state index in [-0.39, 0.29) is 30.7 Å². The van der Waals surface area contributed by atoms with Gasteiger partial charge in [0.2, 0.25) is 5.91 Å². The van der Waals surface area contributed by atoms with E-state index in [9.17, 15) is 4.79 Å². The first kappa shape index (κ1) is 21.6. The molecule has 1 aliphatic heterocycles. The van der Waals surface area contributed by atoms with Crippen molar-refractivity contribution in [2.75, 3.05) is 13.1 Å². The highest BCUT2D eigenvalue weighted by atomic mass is 35.5. The van der Waals surface area contributed by atoms with Crippen LogP contribution in [-0.2, 0) is 17.8 Å². The number of amides is 1. The normalized spacial score (nSPS) is 18.7. The average Bonchev–Trinajstić information content (AvgIpc) is 2.94. The quantitative estimate of drug-likeness (QED) is 0.811. The van der Waals surface area contributed by atoms with Crippen LogP contribution in [0, 0.1) is 11.8 Å². The lowest BCUT2D eigenvalue weighted by molar-refractivity contribution is -0.122. The Morgan fingerprint density at radius 1 is 1.55 bits per heavy atom. The molecule has 0 aromatic carbocycles. The Labute approximate surface area is 149 Å². The second kappa shape index (κ2) is 11.2.